The molecule has 1 aromatic carbocycles. The van der Waals surface area contributed by atoms with Crippen LogP contribution >= 0.6 is 0 Å². The minimum Gasteiger partial charge on any atom is -0.379 e. The quantitative estimate of drug-likeness (QED) is 0.837. The van der Waals surface area contributed by atoms with Gasteiger partial charge in [0.15, 0.2) is 0 Å². The van der Waals surface area contributed by atoms with Gasteiger partial charge in [0, 0.05) is 13.1 Å². The van der Waals surface area contributed by atoms with Gasteiger partial charge >= 0.3 is 0 Å². The first kappa shape index (κ1) is 12.7. The molecule has 1 heterocycles. The van der Waals surface area contributed by atoms with Gasteiger partial charge in [0.05, 0.1) is 25.4 Å². The third-order valence-electron chi connectivity index (χ3n) is 2.74. The zero-order chi connectivity index (χ0) is 12.8. The Morgan fingerprint density at radius 1 is 1.22 bits per heavy atom. The highest BCUT2D eigenvalue weighted by Gasteiger charge is 2.14. The zero-order valence-electron chi connectivity index (χ0n) is 10.1. The Balaban J connectivity index is 1.95. The molecule has 5 heteroatoms. The zero-order valence-corrected chi connectivity index (χ0v) is 10.1. The van der Waals surface area contributed by atoms with E-state index in [9.17, 15) is 9.59 Å². The molecular weight excluding hydrogens is 232 g/mol. The van der Waals surface area contributed by atoms with Gasteiger partial charge in [-0.3, -0.25) is 14.5 Å². The summed E-state index contributed by atoms with van der Waals surface area (Å²) in [4.78, 5) is 25.4. The van der Waals surface area contributed by atoms with Crippen LogP contribution < -0.4 is 10.7 Å². The molecule has 5 nitrogen and oxygen atoms in total. The van der Waals surface area contributed by atoms with E-state index in [1.54, 1.807) is 24.3 Å². The van der Waals surface area contributed by atoms with Crippen LogP contribution in [0.25, 0.3) is 0 Å². The predicted molar refractivity (Wildman–Crippen MR) is 68.6 cm³/mol. The monoisotopic (exact) mass is 248 g/mol. The van der Waals surface area contributed by atoms with Crippen molar-refractivity contribution in [2.75, 3.05) is 38.2 Å². The van der Waals surface area contributed by atoms with E-state index < -0.39 is 0 Å². The molecule has 1 amide bonds. The third-order valence-corrected chi connectivity index (χ3v) is 2.74. The fourth-order valence-corrected chi connectivity index (χ4v) is 1.79. The molecule has 0 aromatic heterocycles. The topological polar surface area (TPSA) is 58.6 Å². The number of amides is 1. The average molecular weight is 248 g/mol. The summed E-state index contributed by atoms with van der Waals surface area (Å²) < 4.78 is 5.21. The molecule has 0 unspecified atom stereocenters. The highest BCUT2D eigenvalue weighted by Crippen LogP contribution is 2.00. The molecule has 1 aliphatic rings. The van der Waals surface area contributed by atoms with Gasteiger partial charge in [0.25, 0.3) is 0 Å². The molecular formula is C13H16N2O3. The lowest BCUT2D eigenvalue weighted by Crippen LogP contribution is -2.41. The summed E-state index contributed by atoms with van der Waals surface area (Å²) in [6.45, 7) is 3.10. The van der Waals surface area contributed by atoms with E-state index in [-0.39, 0.29) is 11.3 Å². The molecule has 0 saturated carbocycles. The van der Waals surface area contributed by atoms with Gasteiger partial charge < -0.3 is 10.1 Å². The first-order valence-corrected chi connectivity index (χ1v) is 5.95. The molecule has 1 saturated heterocycles. The maximum atomic E-state index is 11.8. The van der Waals surface area contributed by atoms with Crippen molar-refractivity contribution in [2.45, 2.75) is 0 Å². The Morgan fingerprint density at radius 2 is 1.94 bits per heavy atom. The van der Waals surface area contributed by atoms with E-state index >= 15 is 0 Å². The predicted octanol–water partition coefficient (Wildman–Crippen LogP) is 0.317. The first-order chi connectivity index (χ1) is 8.75. The summed E-state index contributed by atoms with van der Waals surface area (Å²) in [5.41, 5.74) is 0.133. The standard InChI is InChI=1S/C13H16N2O3/c16-12-5-3-1-2-4-11(12)14-13(17)10-15-6-8-18-9-7-15/h1-5H,6-10H2,(H,14,16,17). The molecule has 96 valence electrons. The SMILES string of the molecule is O=C(CN1CCOCC1)Nc1cccccc1=O. The van der Waals surface area contributed by atoms with Gasteiger partial charge in [-0.15, -0.1) is 0 Å². The van der Waals surface area contributed by atoms with E-state index in [4.69, 9.17) is 4.74 Å². The van der Waals surface area contributed by atoms with Crippen molar-refractivity contribution in [3.8, 4) is 0 Å². The van der Waals surface area contributed by atoms with E-state index in [2.05, 4.69) is 5.32 Å². The summed E-state index contributed by atoms with van der Waals surface area (Å²) in [7, 11) is 0. The molecule has 1 aromatic rings. The Morgan fingerprint density at radius 3 is 2.72 bits per heavy atom. The van der Waals surface area contributed by atoms with E-state index in [0.29, 0.717) is 25.4 Å². The molecule has 1 aliphatic heterocycles. The van der Waals surface area contributed by atoms with Gasteiger partial charge in [-0.05, 0) is 12.1 Å². The molecule has 0 spiro atoms. The fraction of sp³-hybridized carbons (Fsp3) is 0.385. The Hall–Kier alpha value is -1.72. The molecule has 1 fully saturated rings. The lowest BCUT2D eigenvalue weighted by atomic mass is 10.3. The van der Waals surface area contributed by atoms with Gasteiger partial charge in [-0.2, -0.15) is 0 Å². The second-order valence-electron chi connectivity index (χ2n) is 4.13. The van der Waals surface area contributed by atoms with Crippen molar-refractivity contribution in [3.05, 3.63) is 40.6 Å². The smallest absolute Gasteiger partial charge is 0.238 e. The number of anilines is 1. The summed E-state index contributed by atoms with van der Waals surface area (Å²) in [5.74, 6) is -0.166. The summed E-state index contributed by atoms with van der Waals surface area (Å²) in [5, 5.41) is 2.64. The number of rotatable bonds is 3. The molecule has 18 heavy (non-hydrogen) atoms. The lowest BCUT2D eigenvalue weighted by molar-refractivity contribution is -0.118. The number of hydrogen-bond acceptors (Lipinski definition) is 4. The van der Waals surface area contributed by atoms with E-state index in [0.717, 1.165) is 13.1 Å². The summed E-state index contributed by atoms with van der Waals surface area (Å²) >= 11 is 0. The van der Waals surface area contributed by atoms with Crippen LogP contribution in [0.1, 0.15) is 0 Å². The maximum absolute atomic E-state index is 11.8. The van der Waals surface area contributed by atoms with Gasteiger partial charge in [0.1, 0.15) is 0 Å². The number of morpholine rings is 1. The second-order valence-corrected chi connectivity index (χ2v) is 4.13. The number of ether oxygens (including phenoxy) is 1. The Kier molecular flexibility index (Phi) is 4.44. The van der Waals surface area contributed by atoms with Crippen LogP contribution in [0.5, 0.6) is 0 Å². The fourth-order valence-electron chi connectivity index (χ4n) is 1.79. The Labute approximate surface area is 105 Å². The van der Waals surface area contributed by atoms with Gasteiger partial charge in [0.2, 0.25) is 11.3 Å². The molecule has 0 bridgehead atoms. The van der Waals surface area contributed by atoms with Crippen LogP contribution in [-0.4, -0.2) is 43.7 Å². The number of nitrogens with zero attached hydrogens (tertiary/aromatic N) is 1. The highest BCUT2D eigenvalue weighted by atomic mass is 16.5. The summed E-state index contributed by atoms with van der Waals surface area (Å²) in [6, 6.07) is 8.18. The summed E-state index contributed by atoms with van der Waals surface area (Å²) in [6.07, 6.45) is 0. The van der Waals surface area contributed by atoms with Crippen LogP contribution in [0.3, 0.4) is 0 Å². The van der Waals surface area contributed by atoms with Crippen molar-refractivity contribution in [3.63, 3.8) is 0 Å². The number of carbonyl (C=O) groups is 1. The van der Waals surface area contributed by atoms with Crippen LogP contribution in [0.15, 0.2) is 35.1 Å². The largest absolute Gasteiger partial charge is 0.379 e. The van der Waals surface area contributed by atoms with Crippen molar-refractivity contribution in [1.82, 2.24) is 4.90 Å². The van der Waals surface area contributed by atoms with Crippen molar-refractivity contribution < 1.29 is 9.53 Å². The third kappa shape index (κ3) is 3.65. The van der Waals surface area contributed by atoms with E-state index in [1.165, 1.54) is 6.07 Å². The minimum atomic E-state index is -0.185. The first-order valence-electron chi connectivity index (χ1n) is 5.95. The normalized spacial score (nSPS) is 16.2. The molecule has 1 N–H and O–H groups in total. The Bertz CT molecular complexity index is 470. The lowest BCUT2D eigenvalue weighted by Gasteiger charge is -2.25. The highest BCUT2D eigenvalue weighted by molar-refractivity contribution is 5.92. The molecule has 2 rings (SSSR count). The second kappa shape index (κ2) is 6.28. The average Bonchev–Trinajstić information content (AvgIpc) is 2.56. The maximum Gasteiger partial charge on any atom is 0.238 e. The molecule has 0 atom stereocenters. The van der Waals surface area contributed by atoms with Crippen LogP contribution in [-0.2, 0) is 9.53 Å². The number of hydrogen-bond donors (Lipinski definition) is 1. The number of nitrogens with one attached hydrogen (secondary N) is 1. The van der Waals surface area contributed by atoms with Gasteiger partial charge in [-0.1, -0.05) is 18.2 Å². The van der Waals surface area contributed by atoms with Gasteiger partial charge in [-0.25, -0.2) is 0 Å². The van der Waals surface area contributed by atoms with Crippen molar-refractivity contribution >= 4 is 11.6 Å². The van der Waals surface area contributed by atoms with Crippen LogP contribution in [0.2, 0.25) is 0 Å². The van der Waals surface area contributed by atoms with E-state index in [1.807, 2.05) is 4.90 Å². The minimum absolute atomic E-state index is 0.166. The van der Waals surface area contributed by atoms with Crippen molar-refractivity contribution in [1.29, 1.82) is 0 Å². The van der Waals surface area contributed by atoms with Crippen molar-refractivity contribution in [2.24, 2.45) is 0 Å². The number of carbonyl (C=O) groups excluding carboxylic acids is 1. The van der Waals surface area contributed by atoms with Crippen LogP contribution in [0.4, 0.5) is 5.69 Å². The van der Waals surface area contributed by atoms with Crippen LogP contribution in [0, 0.1) is 0 Å². The molecule has 0 radical (unpaired) electrons. The molecule has 0 aliphatic carbocycles.